The summed E-state index contributed by atoms with van der Waals surface area (Å²) in [5, 5.41) is 11.0. The fraction of sp³-hybridized carbons (Fsp3) is 0.0833. The van der Waals surface area contributed by atoms with Crippen LogP contribution in [0.1, 0.15) is 15.9 Å². The van der Waals surface area contributed by atoms with E-state index in [2.05, 4.69) is 32.7 Å². The number of H-pyrrole nitrogens is 1. The molecule has 5 aromatic rings. The predicted molar refractivity (Wildman–Crippen MR) is 121 cm³/mol. The summed E-state index contributed by atoms with van der Waals surface area (Å²) in [5.41, 5.74) is 5.31. The maximum atomic E-state index is 11.4. The molecule has 6 nitrogen and oxygen atoms in total. The minimum absolute atomic E-state index is 0.190. The molecule has 154 valence electrons. The number of aromatic amines is 1. The first-order valence-corrected chi connectivity index (χ1v) is 10.0. The average molecular weight is 432 g/mol. The van der Waals surface area contributed by atoms with Crippen molar-refractivity contribution in [2.75, 3.05) is 0 Å². The van der Waals surface area contributed by atoms with Crippen molar-refractivity contribution in [3.8, 4) is 22.9 Å². The van der Waals surface area contributed by atoms with Gasteiger partial charge in [0, 0.05) is 29.7 Å². The summed E-state index contributed by atoms with van der Waals surface area (Å²) < 4.78 is 7.85. The summed E-state index contributed by atoms with van der Waals surface area (Å²) in [6.07, 6.45) is 2.03. The van der Waals surface area contributed by atoms with Gasteiger partial charge in [0.2, 0.25) is 0 Å². The molecule has 0 aliphatic rings. The van der Waals surface area contributed by atoms with Gasteiger partial charge in [0.25, 0.3) is 6.01 Å². The second-order valence-corrected chi connectivity index (χ2v) is 7.88. The highest BCUT2D eigenvalue weighted by Gasteiger charge is 2.13. The molecule has 2 aromatic heterocycles. The molecule has 0 radical (unpaired) electrons. The SMILES string of the molecule is Cc1ccc(Oc2nc3cc(-c4ccc5c(ccn5C)c4)c(Cl)cc3[nH]2)cc1C(=O)O. The maximum absolute atomic E-state index is 11.4. The van der Waals surface area contributed by atoms with E-state index in [1.165, 1.54) is 6.07 Å². The summed E-state index contributed by atoms with van der Waals surface area (Å²) in [6, 6.07) is 17.2. The van der Waals surface area contributed by atoms with Crippen molar-refractivity contribution in [2.24, 2.45) is 7.05 Å². The van der Waals surface area contributed by atoms with Crippen LogP contribution in [0.5, 0.6) is 11.8 Å². The van der Waals surface area contributed by atoms with Crippen LogP contribution in [0.25, 0.3) is 33.1 Å². The molecule has 2 N–H and O–H groups in total. The highest BCUT2D eigenvalue weighted by molar-refractivity contribution is 6.34. The number of aromatic carboxylic acids is 1. The van der Waals surface area contributed by atoms with Crippen LogP contribution in [0.15, 0.2) is 60.8 Å². The number of aromatic nitrogens is 3. The fourth-order valence-electron chi connectivity index (χ4n) is 3.73. The number of nitrogens with zero attached hydrogens (tertiary/aromatic N) is 2. The van der Waals surface area contributed by atoms with E-state index in [0.717, 1.165) is 27.5 Å². The lowest BCUT2D eigenvalue weighted by Gasteiger charge is -2.06. The largest absolute Gasteiger partial charge is 0.478 e. The predicted octanol–water partition coefficient (Wildman–Crippen LogP) is 6.17. The highest BCUT2D eigenvalue weighted by Crippen LogP contribution is 2.34. The molecule has 5 rings (SSSR count). The van der Waals surface area contributed by atoms with E-state index in [1.807, 2.05) is 31.4 Å². The number of imidazole rings is 1. The number of hydrogen-bond acceptors (Lipinski definition) is 3. The number of carboxylic acids is 1. The minimum Gasteiger partial charge on any atom is -0.478 e. The molecule has 7 heteroatoms. The van der Waals surface area contributed by atoms with Crippen molar-refractivity contribution in [2.45, 2.75) is 6.92 Å². The Hall–Kier alpha value is -3.77. The Kier molecular flexibility index (Phi) is 4.45. The third kappa shape index (κ3) is 3.41. The Morgan fingerprint density at radius 2 is 1.97 bits per heavy atom. The van der Waals surface area contributed by atoms with Gasteiger partial charge in [-0.1, -0.05) is 23.7 Å². The van der Waals surface area contributed by atoms with E-state index < -0.39 is 5.97 Å². The van der Waals surface area contributed by atoms with Crippen LogP contribution in [0, 0.1) is 6.92 Å². The normalized spacial score (nSPS) is 11.3. The van der Waals surface area contributed by atoms with Crippen molar-refractivity contribution >= 4 is 39.5 Å². The van der Waals surface area contributed by atoms with Crippen molar-refractivity contribution < 1.29 is 14.6 Å². The molecule has 0 aliphatic carbocycles. The van der Waals surface area contributed by atoms with Crippen LogP contribution in [0.2, 0.25) is 5.02 Å². The first-order chi connectivity index (χ1) is 14.9. The number of halogens is 1. The highest BCUT2D eigenvalue weighted by atomic mass is 35.5. The smallest absolute Gasteiger partial charge is 0.336 e. The molecule has 0 spiro atoms. The van der Waals surface area contributed by atoms with Gasteiger partial charge in [-0.25, -0.2) is 4.79 Å². The molecule has 0 amide bonds. The molecule has 0 saturated heterocycles. The average Bonchev–Trinajstić information content (AvgIpc) is 3.30. The zero-order valence-corrected chi connectivity index (χ0v) is 17.6. The Balaban J connectivity index is 1.52. The lowest BCUT2D eigenvalue weighted by molar-refractivity contribution is 0.0695. The molecule has 0 bridgehead atoms. The Morgan fingerprint density at radius 3 is 2.77 bits per heavy atom. The number of nitrogens with one attached hydrogen (secondary N) is 1. The van der Waals surface area contributed by atoms with Gasteiger partial charge in [-0.3, -0.25) is 0 Å². The zero-order chi connectivity index (χ0) is 21.7. The first kappa shape index (κ1) is 19.2. The number of carboxylic acid groups (broad SMARTS) is 1. The maximum Gasteiger partial charge on any atom is 0.336 e. The van der Waals surface area contributed by atoms with Gasteiger partial charge >= 0.3 is 5.97 Å². The lowest BCUT2D eigenvalue weighted by Crippen LogP contribution is -2.00. The third-order valence-corrected chi connectivity index (χ3v) is 5.71. The number of fused-ring (bicyclic) bond motifs is 2. The second kappa shape index (κ2) is 7.18. The van der Waals surface area contributed by atoms with Crippen LogP contribution in [0.4, 0.5) is 0 Å². The summed E-state index contributed by atoms with van der Waals surface area (Å²) in [6.45, 7) is 1.74. The summed E-state index contributed by atoms with van der Waals surface area (Å²) >= 11 is 6.58. The topological polar surface area (TPSA) is 80.1 Å². The standard InChI is InChI=1S/C24H18ClN3O3/c1-13-3-5-16(10-17(13)23(29)30)31-24-26-20-11-18(19(25)12-21(20)27-24)14-4-6-22-15(9-14)7-8-28(22)2/h3-12H,1-2H3,(H,26,27)(H,29,30). The van der Waals surface area contributed by atoms with Crippen LogP contribution in [-0.4, -0.2) is 25.6 Å². The lowest BCUT2D eigenvalue weighted by atomic mass is 10.0. The summed E-state index contributed by atoms with van der Waals surface area (Å²) in [7, 11) is 2.01. The molecular formula is C24H18ClN3O3. The van der Waals surface area contributed by atoms with Gasteiger partial charge in [-0.2, -0.15) is 4.98 Å². The van der Waals surface area contributed by atoms with E-state index in [1.54, 1.807) is 19.1 Å². The number of benzene rings is 3. The van der Waals surface area contributed by atoms with Crippen LogP contribution in [-0.2, 0) is 7.05 Å². The Morgan fingerprint density at radius 1 is 1.13 bits per heavy atom. The number of aryl methyl sites for hydroxylation is 2. The van der Waals surface area contributed by atoms with E-state index in [0.29, 0.717) is 21.9 Å². The zero-order valence-electron chi connectivity index (χ0n) is 16.8. The molecule has 0 saturated carbocycles. The van der Waals surface area contributed by atoms with Gasteiger partial charge in [0.05, 0.1) is 21.6 Å². The molecule has 31 heavy (non-hydrogen) atoms. The van der Waals surface area contributed by atoms with E-state index in [9.17, 15) is 9.90 Å². The van der Waals surface area contributed by atoms with E-state index in [4.69, 9.17) is 16.3 Å². The van der Waals surface area contributed by atoms with Gasteiger partial charge in [0.15, 0.2) is 0 Å². The molecule has 0 atom stereocenters. The van der Waals surface area contributed by atoms with Crippen LogP contribution >= 0.6 is 11.6 Å². The van der Waals surface area contributed by atoms with E-state index in [-0.39, 0.29) is 11.6 Å². The summed E-state index contributed by atoms with van der Waals surface area (Å²) in [4.78, 5) is 19.0. The van der Waals surface area contributed by atoms with E-state index >= 15 is 0 Å². The number of hydrogen-bond donors (Lipinski definition) is 2. The molecule has 0 aliphatic heterocycles. The molecule has 0 unspecified atom stereocenters. The van der Waals surface area contributed by atoms with Gasteiger partial charge < -0.3 is 19.4 Å². The molecule has 3 aromatic carbocycles. The number of rotatable bonds is 4. The van der Waals surface area contributed by atoms with Gasteiger partial charge in [0.1, 0.15) is 5.75 Å². The molecular weight excluding hydrogens is 414 g/mol. The minimum atomic E-state index is -1.00. The Bertz CT molecular complexity index is 1480. The number of ether oxygens (including phenoxy) is 1. The fourth-order valence-corrected chi connectivity index (χ4v) is 4.01. The second-order valence-electron chi connectivity index (χ2n) is 7.48. The van der Waals surface area contributed by atoms with Crippen molar-refractivity contribution in [3.05, 3.63) is 76.9 Å². The quantitative estimate of drug-likeness (QED) is 0.356. The van der Waals surface area contributed by atoms with Crippen LogP contribution in [0.3, 0.4) is 0 Å². The first-order valence-electron chi connectivity index (χ1n) is 9.65. The monoisotopic (exact) mass is 431 g/mol. The van der Waals surface area contributed by atoms with Gasteiger partial charge in [-0.15, -0.1) is 0 Å². The molecule has 0 fully saturated rings. The van der Waals surface area contributed by atoms with Crippen molar-refractivity contribution in [1.82, 2.24) is 14.5 Å². The van der Waals surface area contributed by atoms with Crippen molar-refractivity contribution in [3.63, 3.8) is 0 Å². The summed E-state index contributed by atoms with van der Waals surface area (Å²) in [5.74, 6) is -0.609. The van der Waals surface area contributed by atoms with Gasteiger partial charge in [-0.05, 0) is 60.5 Å². The van der Waals surface area contributed by atoms with Crippen LogP contribution < -0.4 is 4.74 Å². The third-order valence-electron chi connectivity index (χ3n) is 5.40. The Labute approximate surface area is 182 Å². The van der Waals surface area contributed by atoms with Crippen molar-refractivity contribution in [1.29, 1.82) is 0 Å². The number of carbonyl (C=O) groups is 1. The molecule has 2 heterocycles.